The fourth-order valence-electron chi connectivity index (χ4n) is 3.44. The summed E-state index contributed by atoms with van der Waals surface area (Å²) in [6, 6.07) is 9.15. The maximum atomic E-state index is 13.1. The van der Waals surface area contributed by atoms with E-state index in [4.69, 9.17) is 4.84 Å². The number of fused-ring (bicyclic) bond motifs is 1. The molecule has 0 saturated carbocycles. The minimum Gasteiger partial charge on any atom is -0.507 e. The zero-order valence-corrected chi connectivity index (χ0v) is 15.0. The molecule has 1 aliphatic heterocycles. The Balaban J connectivity index is 1.65. The molecule has 4 rings (SSSR count). The van der Waals surface area contributed by atoms with E-state index in [1.54, 1.807) is 6.33 Å². The number of aromatic hydroxyl groups is 1. The third-order valence-corrected chi connectivity index (χ3v) is 5.04. The van der Waals surface area contributed by atoms with Gasteiger partial charge >= 0.3 is 6.18 Å². The molecular weight excluding hydrogens is 371 g/mol. The fourth-order valence-corrected chi connectivity index (χ4v) is 3.44. The van der Waals surface area contributed by atoms with Crippen LogP contribution >= 0.6 is 0 Å². The molecule has 0 saturated heterocycles. The zero-order valence-electron chi connectivity index (χ0n) is 15.0. The number of halogens is 3. The Kier molecular flexibility index (Phi) is 4.49. The number of imidazole rings is 1. The molecule has 2 N–H and O–H groups in total. The summed E-state index contributed by atoms with van der Waals surface area (Å²) < 4.78 is 39.4. The van der Waals surface area contributed by atoms with E-state index >= 15 is 0 Å². The van der Waals surface area contributed by atoms with Crippen molar-refractivity contribution in [3.05, 3.63) is 59.4 Å². The van der Waals surface area contributed by atoms with E-state index in [1.807, 2.05) is 25.1 Å². The zero-order chi connectivity index (χ0) is 19.9. The molecule has 146 valence electrons. The Hall–Kier alpha value is -3.03. The molecule has 0 fully saturated rings. The minimum atomic E-state index is -4.64. The maximum absolute atomic E-state index is 13.1. The van der Waals surface area contributed by atoms with E-state index in [0.717, 1.165) is 34.4 Å². The van der Waals surface area contributed by atoms with Crippen LogP contribution in [0, 0.1) is 5.92 Å². The van der Waals surface area contributed by atoms with Gasteiger partial charge in [0.25, 0.3) is 0 Å². The molecule has 8 heteroatoms. The summed E-state index contributed by atoms with van der Waals surface area (Å²) in [5.41, 5.74) is 2.61. The third kappa shape index (κ3) is 3.42. The number of nitrogens with zero attached hydrogens (tertiary/aromatic N) is 2. The molecule has 2 heterocycles. The van der Waals surface area contributed by atoms with Gasteiger partial charge in [0, 0.05) is 11.5 Å². The van der Waals surface area contributed by atoms with Gasteiger partial charge in [-0.3, -0.25) is 0 Å². The quantitative estimate of drug-likeness (QED) is 0.635. The van der Waals surface area contributed by atoms with Gasteiger partial charge < -0.3 is 14.9 Å². The normalized spacial score (nSPS) is 20.5. The van der Waals surface area contributed by atoms with Crippen molar-refractivity contribution in [2.75, 3.05) is 0 Å². The highest BCUT2D eigenvalue weighted by molar-refractivity contribution is 6.02. The van der Waals surface area contributed by atoms with Crippen LogP contribution in [0.25, 0.3) is 11.0 Å². The molecule has 0 amide bonds. The lowest BCUT2D eigenvalue weighted by Gasteiger charge is -2.21. The number of phenolic OH excluding ortho intramolecular Hbond substituents is 1. The van der Waals surface area contributed by atoms with Crippen LogP contribution in [-0.2, 0) is 11.0 Å². The van der Waals surface area contributed by atoms with Crippen molar-refractivity contribution in [3.8, 4) is 5.75 Å². The average molecular weight is 389 g/mol. The number of rotatable bonds is 2. The molecule has 1 aliphatic rings. The van der Waals surface area contributed by atoms with Gasteiger partial charge in [0.05, 0.1) is 28.6 Å². The van der Waals surface area contributed by atoms with E-state index in [1.165, 1.54) is 6.07 Å². The molecule has 2 unspecified atom stereocenters. The van der Waals surface area contributed by atoms with Crippen molar-refractivity contribution in [1.29, 1.82) is 0 Å². The summed E-state index contributed by atoms with van der Waals surface area (Å²) in [5, 5.41) is 13.8. The van der Waals surface area contributed by atoms with Crippen LogP contribution in [0.5, 0.6) is 5.75 Å². The van der Waals surface area contributed by atoms with Crippen LogP contribution in [0.3, 0.4) is 0 Å². The van der Waals surface area contributed by atoms with Gasteiger partial charge in [-0.05, 0) is 42.7 Å². The van der Waals surface area contributed by atoms with Crippen LogP contribution in [0.1, 0.15) is 42.6 Å². The van der Waals surface area contributed by atoms with Gasteiger partial charge in [0.15, 0.2) is 6.10 Å². The largest absolute Gasteiger partial charge is 0.507 e. The first-order valence-electron chi connectivity index (χ1n) is 8.89. The highest BCUT2D eigenvalue weighted by atomic mass is 19.4. The third-order valence-electron chi connectivity index (χ3n) is 5.04. The molecule has 2 atom stereocenters. The molecule has 0 bridgehead atoms. The van der Waals surface area contributed by atoms with E-state index < -0.39 is 23.6 Å². The number of alkyl halides is 3. The molecule has 1 aromatic heterocycles. The van der Waals surface area contributed by atoms with Gasteiger partial charge in [-0.1, -0.05) is 24.2 Å². The van der Waals surface area contributed by atoms with E-state index in [0.29, 0.717) is 18.4 Å². The Morgan fingerprint density at radius 1 is 1.18 bits per heavy atom. The van der Waals surface area contributed by atoms with Crippen molar-refractivity contribution in [2.24, 2.45) is 11.1 Å². The minimum absolute atomic E-state index is 0.0530. The Labute approximate surface area is 158 Å². The summed E-state index contributed by atoms with van der Waals surface area (Å²) in [7, 11) is 0. The highest BCUT2D eigenvalue weighted by Crippen LogP contribution is 2.40. The van der Waals surface area contributed by atoms with Gasteiger partial charge in [0.2, 0.25) is 0 Å². The number of benzene rings is 2. The summed E-state index contributed by atoms with van der Waals surface area (Å²) >= 11 is 0. The van der Waals surface area contributed by atoms with E-state index in [9.17, 15) is 18.3 Å². The van der Waals surface area contributed by atoms with Crippen LogP contribution in [0.4, 0.5) is 13.2 Å². The van der Waals surface area contributed by atoms with Crippen molar-refractivity contribution in [1.82, 2.24) is 9.97 Å². The molecule has 5 nitrogen and oxygen atoms in total. The van der Waals surface area contributed by atoms with Crippen molar-refractivity contribution in [2.45, 2.75) is 32.0 Å². The Morgan fingerprint density at radius 2 is 2.00 bits per heavy atom. The predicted octanol–water partition coefficient (Wildman–Crippen LogP) is 5.18. The van der Waals surface area contributed by atoms with Crippen LogP contribution in [0.15, 0.2) is 47.9 Å². The number of hydrogen-bond acceptors (Lipinski definition) is 4. The highest BCUT2D eigenvalue weighted by Gasteiger charge is 2.35. The summed E-state index contributed by atoms with van der Waals surface area (Å²) in [6.07, 6.45) is -2.31. The molecule has 0 radical (unpaired) electrons. The lowest BCUT2D eigenvalue weighted by molar-refractivity contribution is -0.138. The lowest BCUT2D eigenvalue weighted by atomic mass is 9.91. The first-order valence-corrected chi connectivity index (χ1v) is 8.89. The summed E-state index contributed by atoms with van der Waals surface area (Å²) in [5.74, 6) is -0.850. The van der Waals surface area contributed by atoms with Crippen LogP contribution in [0.2, 0.25) is 0 Å². The van der Waals surface area contributed by atoms with Gasteiger partial charge in [-0.2, -0.15) is 13.2 Å². The monoisotopic (exact) mass is 389 g/mol. The standard InChI is InChI=1S/C20H18F3N3O2/c1-11-2-5-15(12-3-6-16-17(9-12)25-10-24-16)26-28-19(11)13-4-7-18(27)14(8-13)20(21,22)23/h3-4,6-11,19,27H,2,5H2,1H3,(H,24,25). The average Bonchev–Trinajstić information content (AvgIpc) is 3.03. The van der Waals surface area contributed by atoms with Gasteiger partial charge in [-0.15, -0.1) is 0 Å². The molecule has 2 aromatic carbocycles. The lowest BCUT2D eigenvalue weighted by Crippen LogP contribution is -2.12. The number of hydrogen-bond donors (Lipinski definition) is 2. The first-order chi connectivity index (χ1) is 13.3. The molecule has 0 aliphatic carbocycles. The second kappa shape index (κ2) is 6.85. The number of aromatic amines is 1. The Morgan fingerprint density at radius 3 is 2.79 bits per heavy atom. The Bertz CT molecular complexity index is 1040. The van der Waals surface area contributed by atoms with Crippen molar-refractivity contribution < 1.29 is 23.1 Å². The number of oxime groups is 1. The molecule has 0 spiro atoms. The van der Waals surface area contributed by atoms with Gasteiger partial charge in [-0.25, -0.2) is 4.98 Å². The second-order valence-corrected chi connectivity index (χ2v) is 6.99. The number of phenols is 1. The SMILES string of the molecule is CC1CCC(c2ccc3nc[nH]c3c2)=NOC1c1ccc(O)c(C(F)(F)F)c1. The first kappa shape index (κ1) is 18.3. The van der Waals surface area contributed by atoms with Crippen LogP contribution in [-0.4, -0.2) is 20.8 Å². The molecular formula is C20H18F3N3O2. The summed E-state index contributed by atoms with van der Waals surface area (Å²) in [4.78, 5) is 12.9. The van der Waals surface area contributed by atoms with Crippen LogP contribution < -0.4 is 0 Å². The van der Waals surface area contributed by atoms with Crippen molar-refractivity contribution in [3.63, 3.8) is 0 Å². The van der Waals surface area contributed by atoms with Gasteiger partial charge in [0.1, 0.15) is 5.75 Å². The second-order valence-electron chi connectivity index (χ2n) is 6.99. The number of nitrogens with one attached hydrogen (secondary N) is 1. The van der Waals surface area contributed by atoms with E-state index in [-0.39, 0.29) is 5.92 Å². The predicted molar refractivity (Wildman–Crippen MR) is 98.0 cm³/mol. The number of H-pyrrole nitrogens is 1. The molecule has 28 heavy (non-hydrogen) atoms. The number of aromatic nitrogens is 2. The maximum Gasteiger partial charge on any atom is 0.419 e. The summed E-state index contributed by atoms with van der Waals surface area (Å²) in [6.45, 7) is 1.92. The van der Waals surface area contributed by atoms with Crippen molar-refractivity contribution >= 4 is 16.7 Å². The van der Waals surface area contributed by atoms with E-state index in [2.05, 4.69) is 15.1 Å². The molecule has 3 aromatic rings. The fraction of sp³-hybridized carbons (Fsp3) is 0.300. The smallest absolute Gasteiger partial charge is 0.419 e. The topological polar surface area (TPSA) is 70.5 Å².